The average Bonchev–Trinajstić information content (AvgIpc) is 2.63. The van der Waals surface area contributed by atoms with Crippen LogP contribution in [0.25, 0.3) is 0 Å². The molecule has 0 aliphatic rings. The number of hydrogen-bond acceptors (Lipinski definition) is 6. The molecular formula is C20H25N3O5S. The van der Waals surface area contributed by atoms with Crippen LogP contribution in [0.5, 0.6) is 0 Å². The number of anilines is 2. The van der Waals surface area contributed by atoms with E-state index in [1.807, 2.05) is 31.1 Å². The van der Waals surface area contributed by atoms with Gasteiger partial charge in [0.05, 0.1) is 10.5 Å². The van der Waals surface area contributed by atoms with Gasteiger partial charge in [-0.1, -0.05) is 0 Å². The molecule has 1 amide bonds. The fourth-order valence-electron chi connectivity index (χ4n) is 2.61. The Bertz CT molecular complexity index is 1030. The molecule has 0 heterocycles. The van der Waals surface area contributed by atoms with Gasteiger partial charge in [0.15, 0.2) is 6.10 Å². The van der Waals surface area contributed by atoms with Gasteiger partial charge >= 0.3 is 5.97 Å². The number of nitrogens with zero attached hydrogens (tertiary/aromatic N) is 1. The lowest BCUT2D eigenvalue weighted by Gasteiger charge is -2.16. The number of nitrogens with two attached hydrogens (primary N) is 1. The molecule has 1 unspecified atom stereocenters. The Balaban J connectivity index is 2.12. The third-order valence-corrected chi connectivity index (χ3v) is 5.50. The van der Waals surface area contributed by atoms with Crippen LogP contribution < -0.4 is 15.4 Å². The van der Waals surface area contributed by atoms with Gasteiger partial charge in [0.1, 0.15) is 0 Å². The molecule has 0 bridgehead atoms. The lowest BCUT2D eigenvalue weighted by molar-refractivity contribution is -0.123. The summed E-state index contributed by atoms with van der Waals surface area (Å²) in [4.78, 5) is 26.5. The van der Waals surface area contributed by atoms with Gasteiger partial charge in [-0.25, -0.2) is 18.4 Å². The predicted octanol–water partition coefficient (Wildman–Crippen LogP) is 2.20. The lowest BCUT2D eigenvalue weighted by atomic mass is 10.1. The van der Waals surface area contributed by atoms with E-state index < -0.39 is 28.0 Å². The second-order valence-electron chi connectivity index (χ2n) is 6.94. The van der Waals surface area contributed by atoms with Crippen molar-refractivity contribution in [3.63, 3.8) is 0 Å². The summed E-state index contributed by atoms with van der Waals surface area (Å²) >= 11 is 0. The van der Waals surface area contributed by atoms with Crippen LogP contribution >= 0.6 is 0 Å². The summed E-state index contributed by atoms with van der Waals surface area (Å²) in [5.74, 6) is -1.32. The summed E-state index contributed by atoms with van der Waals surface area (Å²) in [5, 5.41) is 7.88. The second-order valence-corrected chi connectivity index (χ2v) is 8.47. The summed E-state index contributed by atoms with van der Waals surface area (Å²) in [6.45, 7) is 4.69. The van der Waals surface area contributed by atoms with Crippen LogP contribution in [0, 0.1) is 13.8 Å². The van der Waals surface area contributed by atoms with Crippen LogP contribution in [0.4, 0.5) is 11.4 Å². The van der Waals surface area contributed by atoms with E-state index >= 15 is 0 Å². The molecule has 0 aromatic heterocycles. The summed E-state index contributed by atoms with van der Waals surface area (Å²) in [7, 11) is -0.186. The van der Waals surface area contributed by atoms with E-state index in [1.54, 1.807) is 26.0 Å². The van der Waals surface area contributed by atoms with Gasteiger partial charge in [0, 0.05) is 25.5 Å². The Labute approximate surface area is 170 Å². The lowest BCUT2D eigenvalue weighted by Crippen LogP contribution is -2.30. The number of carbonyl (C=O) groups excluding carboxylic acids is 2. The quantitative estimate of drug-likeness (QED) is 0.693. The van der Waals surface area contributed by atoms with E-state index in [1.165, 1.54) is 13.0 Å². The Morgan fingerprint density at radius 2 is 1.69 bits per heavy atom. The van der Waals surface area contributed by atoms with Crippen molar-refractivity contribution < 1.29 is 22.7 Å². The number of nitrogens with one attached hydrogen (secondary N) is 1. The van der Waals surface area contributed by atoms with Crippen LogP contribution in [0.2, 0.25) is 0 Å². The topological polar surface area (TPSA) is 119 Å². The number of amides is 1. The first kappa shape index (κ1) is 22.4. The standard InChI is InChI=1S/C20H25N3O5S/c1-12-10-15(11-18(13(12)2)29(21,26)27)20(25)28-14(3)19(24)22-16-6-8-17(9-7-16)23(4)5/h6-11,14H,1-5H3,(H,22,24)(H2,21,26,27). The maximum absolute atomic E-state index is 12.4. The first-order valence-electron chi connectivity index (χ1n) is 8.83. The smallest absolute Gasteiger partial charge is 0.338 e. The van der Waals surface area contributed by atoms with Crippen LogP contribution in [0.3, 0.4) is 0 Å². The van der Waals surface area contributed by atoms with E-state index in [4.69, 9.17) is 9.88 Å². The zero-order valence-electron chi connectivity index (χ0n) is 17.0. The van der Waals surface area contributed by atoms with Crippen molar-refractivity contribution in [1.82, 2.24) is 0 Å². The second kappa shape index (κ2) is 8.62. The van der Waals surface area contributed by atoms with Crippen molar-refractivity contribution in [2.75, 3.05) is 24.3 Å². The Morgan fingerprint density at radius 1 is 1.10 bits per heavy atom. The van der Waals surface area contributed by atoms with Crippen molar-refractivity contribution >= 4 is 33.3 Å². The highest BCUT2D eigenvalue weighted by Crippen LogP contribution is 2.21. The minimum Gasteiger partial charge on any atom is -0.449 e. The number of esters is 1. The van der Waals surface area contributed by atoms with Gasteiger partial charge in [-0.05, 0) is 68.3 Å². The summed E-state index contributed by atoms with van der Waals surface area (Å²) < 4.78 is 28.7. The number of carbonyl (C=O) groups is 2. The molecule has 0 aliphatic carbocycles. The molecule has 9 heteroatoms. The maximum atomic E-state index is 12.4. The van der Waals surface area contributed by atoms with Gasteiger partial charge in [-0.2, -0.15) is 0 Å². The summed E-state index contributed by atoms with van der Waals surface area (Å²) in [5.41, 5.74) is 2.57. The number of aryl methyl sites for hydroxylation is 1. The van der Waals surface area contributed by atoms with Gasteiger partial charge < -0.3 is 15.0 Å². The molecular weight excluding hydrogens is 394 g/mol. The molecule has 2 aromatic carbocycles. The van der Waals surface area contributed by atoms with Crippen molar-refractivity contribution in [2.24, 2.45) is 5.14 Å². The molecule has 0 spiro atoms. The minimum absolute atomic E-state index is 0.00658. The Kier molecular flexibility index (Phi) is 6.66. The fourth-order valence-corrected chi connectivity index (χ4v) is 3.49. The monoisotopic (exact) mass is 419 g/mol. The molecule has 29 heavy (non-hydrogen) atoms. The highest BCUT2D eigenvalue weighted by molar-refractivity contribution is 7.89. The largest absolute Gasteiger partial charge is 0.449 e. The number of rotatable bonds is 6. The molecule has 1 atom stereocenters. The molecule has 0 aliphatic heterocycles. The number of ether oxygens (including phenoxy) is 1. The third-order valence-electron chi connectivity index (χ3n) is 4.47. The number of sulfonamides is 1. The van der Waals surface area contributed by atoms with Gasteiger partial charge in [0.2, 0.25) is 10.0 Å². The van der Waals surface area contributed by atoms with Crippen LogP contribution in [0.15, 0.2) is 41.3 Å². The third kappa shape index (κ3) is 5.55. The summed E-state index contributed by atoms with van der Waals surface area (Å²) in [6.07, 6.45) is -1.09. The van der Waals surface area contributed by atoms with E-state index in [0.717, 1.165) is 11.8 Å². The highest BCUT2D eigenvalue weighted by atomic mass is 32.2. The molecule has 0 saturated carbocycles. The van der Waals surface area contributed by atoms with Crippen molar-refractivity contribution in [3.8, 4) is 0 Å². The van der Waals surface area contributed by atoms with Gasteiger partial charge in [0.25, 0.3) is 5.91 Å². The average molecular weight is 420 g/mol. The van der Waals surface area contributed by atoms with Crippen molar-refractivity contribution in [1.29, 1.82) is 0 Å². The molecule has 156 valence electrons. The molecule has 8 nitrogen and oxygen atoms in total. The normalized spacial score (nSPS) is 12.2. The van der Waals surface area contributed by atoms with Crippen LogP contribution in [0.1, 0.15) is 28.4 Å². The number of primary sulfonamides is 1. The molecule has 3 N–H and O–H groups in total. The van der Waals surface area contributed by atoms with E-state index in [9.17, 15) is 18.0 Å². The zero-order valence-corrected chi connectivity index (χ0v) is 17.8. The first-order chi connectivity index (χ1) is 13.4. The minimum atomic E-state index is -4.00. The van der Waals surface area contributed by atoms with Gasteiger partial charge in [-0.15, -0.1) is 0 Å². The van der Waals surface area contributed by atoms with Crippen molar-refractivity contribution in [3.05, 3.63) is 53.1 Å². The zero-order chi connectivity index (χ0) is 21.9. The van der Waals surface area contributed by atoms with E-state index in [0.29, 0.717) is 16.8 Å². The first-order valence-corrected chi connectivity index (χ1v) is 10.4. The number of hydrogen-bond donors (Lipinski definition) is 2. The summed E-state index contributed by atoms with van der Waals surface area (Å²) in [6, 6.07) is 9.82. The SMILES string of the molecule is Cc1cc(C(=O)OC(C)C(=O)Nc2ccc(N(C)C)cc2)cc(S(N)(=O)=O)c1C. The Hall–Kier alpha value is -2.91. The molecule has 0 radical (unpaired) electrons. The molecule has 2 rings (SSSR count). The maximum Gasteiger partial charge on any atom is 0.338 e. The van der Waals surface area contributed by atoms with E-state index in [2.05, 4.69) is 5.32 Å². The molecule has 0 saturated heterocycles. The molecule has 0 fully saturated rings. The predicted molar refractivity (Wildman–Crippen MR) is 112 cm³/mol. The number of benzene rings is 2. The molecule has 2 aromatic rings. The van der Waals surface area contributed by atoms with Crippen molar-refractivity contribution in [2.45, 2.75) is 31.8 Å². The van der Waals surface area contributed by atoms with Crippen LogP contribution in [-0.2, 0) is 19.6 Å². The van der Waals surface area contributed by atoms with Gasteiger partial charge in [-0.3, -0.25) is 4.79 Å². The van der Waals surface area contributed by atoms with Crippen LogP contribution in [-0.4, -0.2) is 40.5 Å². The van der Waals surface area contributed by atoms with E-state index in [-0.39, 0.29) is 10.5 Å². The fraction of sp³-hybridized carbons (Fsp3) is 0.300. The highest BCUT2D eigenvalue weighted by Gasteiger charge is 2.22. The Morgan fingerprint density at radius 3 is 2.21 bits per heavy atom.